The molecule has 9 rings (SSSR count). The van der Waals surface area contributed by atoms with Gasteiger partial charge in [0.15, 0.2) is 0 Å². The van der Waals surface area contributed by atoms with Crippen molar-refractivity contribution in [2.75, 3.05) is 18.4 Å². The molecule has 1 unspecified atom stereocenters. The van der Waals surface area contributed by atoms with E-state index >= 15 is 0 Å². The number of rotatable bonds is 10. The number of benzene rings is 2. The quantitative estimate of drug-likeness (QED) is 0.142. The van der Waals surface area contributed by atoms with E-state index in [1.165, 1.54) is 17.5 Å². The summed E-state index contributed by atoms with van der Waals surface area (Å²) in [4.78, 5) is 24.9. The molecule has 3 aromatic heterocycles. The maximum Gasteiger partial charge on any atom is 0.393 e. The number of nitriles is 1. The molecule has 1 amide bonds. The normalized spacial score (nSPS) is 23.9. The number of carbonyl (C=O) groups excluding carboxylic acids is 1. The first-order chi connectivity index (χ1) is 24.9. The summed E-state index contributed by atoms with van der Waals surface area (Å²) in [5.74, 6) is 0.713. The number of alkyl halides is 3. The maximum absolute atomic E-state index is 13.1. The SMILES string of the molecule is Cc1c(CN2CCC(Nc3ncnc4sc(CC(F)(F)F)cc34)CC2)ccc2c1cc(C#N)n2CC12CC(NC(=O)C(N)c3ccccc3)(C1)[C@H]2C. The van der Waals surface area contributed by atoms with Crippen molar-refractivity contribution in [3.05, 3.63) is 88.2 Å². The van der Waals surface area contributed by atoms with Crippen LogP contribution in [-0.2, 0) is 24.3 Å². The molecule has 5 aromatic rings. The number of hydrogen-bond donors (Lipinski definition) is 3. The fraction of sp³-hybridized carbons (Fsp3) is 0.436. The summed E-state index contributed by atoms with van der Waals surface area (Å²) in [5.41, 5.74) is 11.0. The third-order valence-electron chi connectivity index (χ3n) is 12.0. The lowest BCUT2D eigenvalue weighted by molar-refractivity contribution is -0.228. The number of hydrogen-bond acceptors (Lipinski definition) is 8. The summed E-state index contributed by atoms with van der Waals surface area (Å²) >= 11 is 1.06. The molecule has 3 aliphatic carbocycles. The molecule has 270 valence electrons. The van der Waals surface area contributed by atoms with Crippen molar-refractivity contribution in [3.8, 4) is 6.07 Å². The maximum atomic E-state index is 13.1. The molecule has 4 N–H and O–H groups in total. The van der Waals surface area contributed by atoms with Gasteiger partial charge in [-0.2, -0.15) is 18.4 Å². The number of anilines is 1. The van der Waals surface area contributed by atoms with E-state index in [1.807, 2.05) is 36.4 Å². The Bertz CT molecular complexity index is 2190. The molecular formula is C39H41F3N8OS. The second kappa shape index (κ2) is 12.9. The zero-order valence-electron chi connectivity index (χ0n) is 29.1. The number of halogens is 3. The van der Waals surface area contributed by atoms with Gasteiger partial charge in [-0.1, -0.05) is 43.3 Å². The van der Waals surface area contributed by atoms with Gasteiger partial charge >= 0.3 is 6.18 Å². The summed E-state index contributed by atoms with van der Waals surface area (Å²) in [6, 6.07) is 19.2. The van der Waals surface area contributed by atoms with Crippen molar-refractivity contribution >= 4 is 44.2 Å². The van der Waals surface area contributed by atoms with Crippen LogP contribution in [0.2, 0.25) is 0 Å². The average Bonchev–Trinajstić information content (AvgIpc) is 3.69. The number of nitrogens with one attached hydrogen (secondary N) is 2. The number of nitrogens with two attached hydrogens (primary N) is 1. The Morgan fingerprint density at radius 2 is 1.87 bits per heavy atom. The average molecular weight is 727 g/mol. The van der Waals surface area contributed by atoms with Crippen molar-refractivity contribution in [1.29, 1.82) is 5.26 Å². The molecule has 4 aliphatic rings. The van der Waals surface area contributed by atoms with Crippen molar-refractivity contribution in [3.63, 3.8) is 0 Å². The van der Waals surface area contributed by atoms with E-state index in [1.54, 1.807) is 6.07 Å². The summed E-state index contributed by atoms with van der Waals surface area (Å²) in [6.45, 7) is 7.59. The van der Waals surface area contributed by atoms with Crippen molar-refractivity contribution in [1.82, 2.24) is 24.8 Å². The zero-order chi connectivity index (χ0) is 36.4. The molecule has 1 saturated heterocycles. The Kier molecular flexibility index (Phi) is 8.55. The van der Waals surface area contributed by atoms with E-state index in [0.717, 1.165) is 79.7 Å². The first-order valence-electron chi connectivity index (χ1n) is 17.8. The predicted octanol–water partition coefficient (Wildman–Crippen LogP) is 6.99. The van der Waals surface area contributed by atoms with E-state index in [2.05, 4.69) is 62.1 Å². The van der Waals surface area contributed by atoms with Gasteiger partial charge in [-0.3, -0.25) is 9.69 Å². The van der Waals surface area contributed by atoms with Gasteiger partial charge in [-0.05, 0) is 78.8 Å². The lowest BCUT2D eigenvalue weighted by Gasteiger charge is -2.76. The molecule has 0 spiro atoms. The summed E-state index contributed by atoms with van der Waals surface area (Å²) in [7, 11) is 0. The van der Waals surface area contributed by atoms with Crippen LogP contribution >= 0.6 is 11.3 Å². The van der Waals surface area contributed by atoms with Gasteiger partial charge in [0.25, 0.3) is 0 Å². The lowest BCUT2D eigenvalue weighted by Crippen LogP contribution is -2.82. The van der Waals surface area contributed by atoms with Gasteiger partial charge in [-0.25, -0.2) is 9.97 Å². The van der Waals surface area contributed by atoms with E-state index < -0.39 is 18.6 Å². The van der Waals surface area contributed by atoms with Crippen LogP contribution in [0.25, 0.3) is 21.1 Å². The Hall–Kier alpha value is -4.51. The largest absolute Gasteiger partial charge is 0.393 e. The van der Waals surface area contributed by atoms with Gasteiger partial charge in [0.2, 0.25) is 5.91 Å². The third kappa shape index (κ3) is 6.10. The number of fused-ring (bicyclic) bond motifs is 2. The number of amides is 1. The van der Waals surface area contributed by atoms with Crippen LogP contribution in [0.3, 0.4) is 0 Å². The Balaban J connectivity index is 0.898. The molecular weight excluding hydrogens is 686 g/mol. The molecule has 13 heteroatoms. The Morgan fingerprint density at radius 1 is 1.12 bits per heavy atom. The zero-order valence-corrected chi connectivity index (χ0v) is 29.9. The predicted molar refractivity (Wildman–Crippen MR) is 196 cm³/mol. The number of likely N-dealkylation sites (tertiary alicyclic amines) is 1. The minimum absolute atomic E-state index is 0.0268. The van der Waals surface area contributed by atoms with Crippen LogP contribution in [0.5, 0.6) is 0 Å². The molecule has 4 fully saturated rings. The summed E-state index contributed by atoms with van der Waals surface area (Å²) < 4.78 is 41.1. The van der Waals surface area contributed by atoms with Gasteiger partial charge in [0.05, 0.1) is 11.8 Å². The number of nitrogens with zero attached hydrogens (tertiary/aromatic N) is 5. The number of aromatic nitrogens is 3. The van der Waals surface area contributed by atoms with Crippen LogP contribution in [0.1, 0.15) is 65.9 Å². The number of carbonyl (C=O) groups is 1. The second-order valence-electron chi connectivity index (χ2n) is 15.1. The summed E-state index contributed by atoms with van der Waals surface area (Å²) in [6.07, 6.45) is -0.327. The highest BCUT2D eigenvalue weighted by Crippen LogP contribution is 2.72. The monoisotopic (exact) mass is 726 g/mol. The number of piperidine rings is 1. The van der Waals surface area contributed by atoms with E-state index in [4.69, 9.17) is 5.73 Å². The van der Waals surface area contributed by atoms with Crippen molar-refractivity contribution < 1.29 is 18.0 Å². The van der Waals surface area contributed by atoms with E-state index in [-0.39, 0.29) is 33.7 Å². The van der Waals surface area contributed by atoms with Crippen LogP contribution in [0.4, 0.5) is 19.0 Å². The molecule has 52 heavy (non-hydrogen) atoms. The van der Waals surface area contributed by atoms with Gasteiger partial charge in [0, 0.05) is 53.5 Å². The fourth-order valence-corrected chi connectivity index (χ4v) is 9.99. The first kappa shape index (κ1) is 34.6. The van der Waals surface area contributed by atoms with E-state index in [9.17, 15) is 23.2 Å². The minimum Gasteiger partial charge on any atom is -0.367 e. The van der Waals surface area contributed by atoms with Crippen molar-refractivity contribution in [2.24, 2.45) is 17.1 Å². The molecule has 2 bridgehead atoms. The smallest absolute Gasteiger partial charge is 0.367 e. The van der Waals surface area contributed by atoms with E-state index in [0.29, 0.717) is 21.7 Å². The minimum atomic E-state index is -4.27. The molecule has 3 saturated carbocycles. The Labute approximate surface area is 304 Å². The topological polar surface area (TPSA) is 125 Å². The first-order valence-corrected chi connectivity index (χ1v) is 18.6. The third-order valence-corrected chi connectivity index (χ3v) is 13.1. The van der Waals surface area contributed by atoms with Gasteiger partial charge in [-0.15, -0.1) is 11.3 Å². The fourth-order valence-electron chi connectivity index (χ4n) is 8.97. The van der Waals surface area contributed by atoms with Crippen LogP contribution in [0, 0.1) is 29.6 Å². The molecule has 4 heterocycles. The van der Waals surface area contributed by atoms with Crippen LogP contribution in [0.15, 0.2) is 60.9 Å². The van der Waals surface area contributed by atoms with Crippen LogP contribution < -0.4 is 16.4 Å². The molecule has 2 aromatic carbocycles. The number of thiophene rings is 1. The van der Waals surface area contributed by atoms with Gasteiger partial charge < -0.3 is 20.9 Å². The molecule has 0 radical (unpaired) electrons. The lowest BCUT2D eigenvalue weighted by atomic mass is 9.33. The molecule has 2 atom stereocenters. The second-order valence-corrected chi connectivity index (χ2v) is 16.2. The Morgan fingerprint density at radius 3 is 2.56 bits per heavy atom. The molecule has 1 aliphatic heterocycles. The highest BCUT2D eigenvalue weighted by molar-refractivity contribution is 7.18. The van der Waals surface area contributed by atoms with Crippen LogP contribution in [-0.4, -0.2) is 56.2 Å². The van der Waals surface area contributed by atoms with Crippen molar-refractivity contribution in [2.45, 2.75) is 82.8 Å². The highest BCUT2D eigenvalue weighted by atomic mass is 32.1. The standard InChI is InChI=1S/C39H41F3N8OS/c1-23-26(18-49-12-10-27(11-13-49)47-34-31-15-29(16-39(40,41)42)52-36(31)46-22-45-34)8-9-32-30(23)14-28(17-43)50(32)21-37-19-38(20-37,24(37)2)48-35(51)33(44)25-6-4-3-5-7-25/h3-9,14-15,22,24,27,33H,10-13,16,18-21,44H2,1-2H3,(H,48,51)(H,45,46,47)/t24-,33?,37?,38?/m0/s1. The number of aryl methyl sites for hydroxylation is 1. The summed E-state index contributed by atoms with van der Waals surface area (Å²) in [5, 5.41) is 18.7. The highest BCUT2D eigenvalue weighted by Gasteiger charge is 2.74. The molecule has 9 nitrogen and oxygen atoms in total. The van der Waals surface area contributed by atoms with Gasteiger partial charge in [0.1, 0.15) is 34.8 Å².